The number of imidazole rings is 1. The second kappa shape index (κ2) is 11.4. The predicted octanol–water partition coefficient (Wildman–Crippen LogP) is 5.25. The first kappa shape index (κ1) is 24.8. The van der Waals surface area contributed by atoms with Crippen LogP contribution in [-0.4, -0.2) is 27.4 Å². The van der Waals surface area contributed by atoms with Gasteiger partial charge in [-0.15, -0.1) is 0 Å². The SMILES string of the molecule is N=c1n(CC(=O)c2ccc(Cl)cc2)c2cccc(Cl)c2n1CCCCNC(=O)Cc1ccccc1. The van der Waals surface area contributed by atoms with E-state index in [0.29, 0.717) is 35.1 Å². The molecule has 8 heteroatoms. The molecule has 0 unspecified atom stereocenters. The summed E-state index contributed by atoms with van der Waals surface area (Å²) in [5.74, 6) is -0.120. The molecule has 0 radical (unpaired) electrons. The van der Waals surface area contributed by atoms with Crippen LogP contribution in [0, 0.1) is 5.41 Å². The molecule has 2 N–H and O–H groups in total. The van der Waals surface area contributed by atoms with Crippen LogP contribution in [0.25, 0.3) is 11.0 Å². The minimum absolute atomic E-state index is 0.00890. The highest BCUT2D eigenvalue weighted by molar-refractivity contribution is 6.35. The van der Waals surface area contributed by atoms with Crippen LogP contribution in [0.3, 0.4) is 0 Å². The Hall–Kier alpha value is -3.35. The van der Waals surface area contributed by atoms with Gasteiger partial charge in [0.25, 0.3) is 0 Å². The molecule has 35 heavy (non-hydrogen) atoms. The van der Waals surface area contributed by atoms with Gasteiger partial charge in [0, 0.05) is 23.7 Å². The van der Waals surface area contributed by atoms with E-state index in [-0.39, 0.29) is 23.9 Å². The fourth-order valence-electron chi connectivity index (χ4n) is 4.07. The van der Waals surface area contributed by atoms with Crippen molar-refractivity contribution in [2.75, 3.05) is 6.54 Å². The van der Waals surface area contributed by atoms with Crippen LogP contribution in [0.1, 0.15) is 28.8 Å². The van der Waals surface area contributed by atoms with Crippen LogP contribution >= 0.6 is 23.2 Å². The Labute approximate surface area is 213 Å². The Bertz CT molecular complexity index is 1390. The molecular weight excluding hydrogens is 483 g/mol. The number of nitrogens with one attached hydrogen (secondary N) is 2. The van der Waals surface area contributed by atoms with Crippen molar-refractivity contribution >= 4 is 45.9 Å². The van der Waals surface area contributed by atoms with Gasteiger partial charge < -0.3 is 14.5 Å². The number of fused-ring (bicyclic) bond motifs is 1. The Morgan fingerprint density at radius 1 is 0.857 bits per heavy atom. The number of hydrogen-bond acceptors (Lipinski definition) is 3. The molecular formula is C27H26Cl2N4O2. The number of aromatic nitrogens is 2. The van der Waals surface area contributed by atoms with Crippen LogP contribution in [0.5, 0.6) is 0 Å². The van der Waals surface area contributed by atoms with E-state index in [0.717, 1.165) is 29.4 Å². The summed E-state index contributed by atoms with van der Waals surface area (Å²) < 4.78 is 3.51. The van der Waals surface area contributed by atoms with Gasteiger partial charge in [-0.25, -0.2) is 0 Å². The Morgan fingerprint density at radius 2 is 1.60 bits per heavy atom. The third-order valence-electron chi connectivity index (χ3n) is 5.84. The van der Waals surface area contributed by atoms with Gasteiger partial charge >= 0.3 is 0 Å². The molecule has 4 rings (SSSR count). The van der Waals surface area contributed by atoms with Crippen LogP contribution < -0.4 is 10.9 Å². The average molecular weight is 509 g/mol. The quantitative estimate of drug-likeness (QED) is 0.226. The van der Waals surface area contributed by atoms with Crippen LogP contribution in [0.4, 0.5) is 0 Å². The van der Waals surface area contributed by atoms with E-state index < -0.39 is 0 Å². The summed E-state index contributed by atoms with van der Waals surface area (Å²) in [7, 11) is 0. The molecule has 0 bridgehead atoms. The maximum absolute atomic E-state index is 12.9. The first-order valence-corrected chi connectivity index (χ1v) is 12.2. The number of halogens is 2. The van der Waals surface area contributed by atoms with E-state index in [2.05, 4.69) is 5.32 Å². The summed E-state index contributed by atoms with van der Waals surface area (Å²) in [6.07, 6.45) is 1.86. The highest BCUT2D eigenvalue weighted by atomic mass is 35.5. The molecule has 6 nitrogen and oxygen atoms in total. The molecule has 0 atom stereocenters. The number of amides is 1. The van der Waals surface area contributed by atoms with Crippen molar-refractivity contribution in [3.8, 4) is 0 Å². The summed E-state index contributed by atoms with van der Waals surface area (Å²) in [6.45, 7) is 1.14. The maximum atomic E-state index is 12.9. The largest absolute Gasteiger partial charge is 0.356 e. The molecule has 0 saturated heterocycles. The van der Waals surface area contributed by atoms with Crippen molar-refractivity contribution in [2.45, 2.75) is 32.4 Å². The smallest absolute Gasteiger partial charge is 0.224 e. The van der Waals surface area contributed by atoms with E-state index in [4.69, 9.17) is 28.6 Å². The van der Waals surface area contributed by atoms with Gasteiger partial charge in [0.2, 0.25) is 11.5 Å². The number of rotatable bonds is 10. The summed E-state index contributed by atoms with van der Waals surface area (Å²) in [4.78, 5) is 25.0. The number of carbonyl (C=O) groups is 2. The molecule has 0 aliphatic rings. The van der Waals surface area contributed by atoms with Crippen molar-refractivity contribution in [2.24, 2.45) is 0 Å². The normalized spacial score (nSPS) is 11.0. The molecule has 0 saturated carbocycles. The number of unbranched alkanes of at least 4 members (excludes halogenated alkanes) is 1. The van der Waals surface area contributed by atoms with Gasteiger partial charge in [0.1, 0.15) is 0 Å². The highest BCUT2D eigenvalue weighted by Crippen LogP contribution is 2.23. The topological polar surface area (TPSA) is 79.9 Å². The van der Waals surface area contributed by atoms with Crippen molar-refractivity contribution in [1.29, 1.82) is 5.41 Å². The molecule has 1 aromatic heterocycles. The molecule has 4 aromatic rings. The van der Waals surface area contributed by atoms with Crippen LogP contribution in [0.2, 0.25) is 10.0 Å². The second-order valence-corrected chi connectivity index (χ2v) is 9.16. The number of nitrogens with zero attached hydrogens (tertiary/aromatic N) is 2. The van der Waals surface area contributed by atoms with Gasteiger partial charge in [0.15, 0.2) is 5.78 Å². The van der Waals surface area contributed by atoms with Crippen LogP contribution in [0.15, 0.2) is 72.8 Å². The molecule has 0 aliphatic heterocycles. The van der Waals surface area contributed by atoms with Crippen LogP contribution in [-0.2, 0) is 24.3 Å². The Balaban J connectivity index is 1.42. The Kier molecular flexibility index (Phi) is 8.06. The van der Waals surface area contributed by atoms with Crippen molar-refractivity contribution in [3.63, 3.8) is 0 Å². The molecule has 1 amide bonds. The van der Waals surface area contributed by atoms with Gasteiger partial charge in [-0.1, -0.05) is 59.6 Å². The molecule has 0 aliphatic carbocycles. The van der Waals surface area contributed by atoms with Crippen molar-refractivity contribution < 1.29 is 9.59 Å². The number of carbonyl (C=O) groups excluding carboxylic acids is 2. The first-order chi connectivity index (χ1) is 16.9. The second-order valence-electron chi connectivity index (χ2n) is 8.32. The lowest BCUT2D eigenvalue weighted by Gasteiger charge is -2.07. The fraction of sp³-hybridized carbons (Fsp3) is 0.222. The number of hydrogen-bond donors (Lipinski definition) is 2. The fourth-order valence-corrected chi connectivity index (χ4v) is 4.47. The molecule has 180 valence electrons. The zero-order valence-corrected chi connectivity index (χ0v) is 20.6. The number of ketones is 1. The van der Waals surface area contributed by atoms with E-state index in [9.17, 15) is 9.59 Å². The number of para-hydroxylation sites is 1. The van der Waals surface area contributed by atoms with Crippen molar-refractivity contribution in [1.82, 2.24) is 14.5 Å². The van der Waals surface area contributed by atoms with Crippen molar-refractivity contribution in [3.05, 3.63) is 99.6 Å². The zero-order valence-electron chi connectivity index (χ0n) is 19.1. The summed E-state index contributed by atoms with van der Waals surface area (Å²) >= 11 is 12.4. The minimum atomic E-state index is -0.111. The average Bonchev–Trinajstić information content (AvgIpc) is 3.12. The van der Waals surface area contributed by atoms with Gasteiger partial charge in [-0.05, 0) is 54.8 Å². The number of aryl methyl sites for hydroxylation is 1. The maximum Gasteiger partial charge on any atom is 0.224 e. The van der Waals surface area contributed by atoms with Gasteiger partial charge in [0.05, 0.1) is 29.0 Å². The summed E-state index contributed by atoms with van der Waals surface area (Å²) in [5.41, 5.74) is 3.20. The Morgan fingerprint density at radius 3 is 2.34 bits per heavy atom. The first-order valence-electron chi connectivity index (χ1n) is 11.5. The predicted molar refractivity (Wildman–Crippen MR) is 139 cm³/mol. The zero-order chi connectivity index (χ0) is 24.8. The number of benzene rings is 3. The van der Waals surface area contributed by atoms with Gasteiger partial charge in [-0.2, -0.15) is 0 Å². The van der Waals surface area contributed by atoms with Gasteiger partial charge in [-0.3, -0.25) is 15.0 Å². The lowest BCUT2D eigenvalue weighted by Crippen LogP contribution is -2.28. The molecule has 0 fully saturated rings. The molecule has 1 heterocycles. The monoisotopic (exact) mass is 508 g/mol. The standard InChI is InChI=1S/C27H26Cl2N4O2/c28-21-13-11-20(12-14-21)24(34)18-33-23-10-6-9-22(29)26(23)32(27(33)30)16-5-4-15-31-25(35)17-19-7-2-1-3-8-19/h1-3,6-14,30H,4-5,15-18H2,(H,31,35). The third kappa shape index (κ3) is 6.02. The van der Waals surface area contributed by atoms with E-state index in [1.165, 1.54) is 0 Å². The lowest BCUT2D eigenvalue weighted by molar-refractivity contribution is -0.120. The minimum Gasteiger partial charge on any atom is -0.356 e. The van der Waals surface area contributed by atoms with E-state index >= 15 is 0 Å². The lowest BCUT2D eigenvalue weighted by atomic mass is 10.1. The summed E-state index contributed by atoms with van der Waals surface area (Å²) in [6, 6.07) is 21.8. The van der Waals surface area contributed by atoms with E-state index in [1.807, 2.05) is 47.0 Å². The third-order valence-corrected chi connectivity index (χ3v) is 6.40. The number of Topliss-reactive ketones (excluding diaryl/α,β-unsaturated/α-hetero) is 1. The molecule has 0 spiro atoms. The highest BCUT2D eigenvalue weighted by Gasteiger charge is 2.16. The summed E-state index contributed by atoms with van der Waals surface area (Å²) in [5, 5.41) is 12.8. The molecule has 3 aromatic carbocycles. The van der Waals surface area contributed by atoms with E-state index in [1.54, 1.807) is 34.9 Å².